The monoisotopic (exact) mass is 249 g/mol. The fourth-order valence-corrected chi connectivity index (χ4v) is 3.90. The van der Waals surface area contributed by atoms with Crippen molar-refractivity contribution in [3.8, 4) is 0 Å². The molecule has 2 saturated heterocycles. The Kier molecular flexibility index (Phi) is 3.27. The highest BCUT2D eigenvalue weighted by Gasteiger charge is 2.41. The first-order chi connectivity index (χ1) is 8.38. The molecule has 0 aliphatic carbocycles. The van der Waals surface area contributed by atoms with E-state index in [1.165, 1.54) is 30.9 Å². The number of nitrogens with zero attached hydrogens (tertiary/aromatic N) is 3. The Hall–Kier alpha value is -0.710. The molecule has 0 spiro atoms. The summed E-state index contributed by atoms with van der Waals surface area (Å²) in [5, 5.41) is 3.33. The van der Waals surface area contributed by atoms with E-state index < -0.39 is 0 Å². The maximum absolute atomic E-state index is 4.40. The summed E-state index contributed by atoms with van der Waals surface area (Å²) in [7, 11) is 0. The van der Waals surface area contributed by atoms with Crippen molar-refractivity contribution in [2.75, 3.05) is 19.6 Å². The minimum atomic E-state index is 0.749. The molecule has 3 rings (SSSR count). The molecular weight excluding hydrogens is 230 g/mol. The maximum atomic E-state index is 4.40. The average Bonchev–Trinajstić information content (AvgIpc) is 3.00. The van der Waals surface area contributed by atoms with Gasteiger partial charge in [0, 0.05) is 43.3 Å². The summed E-state index contributed by atoms with van der Waals surface area (Å²) >= 11 is 1.77. The van der Waals surface area contributed by atoms with Crippen LogP contribution in [0.2, 0.25) is 0 Å². The number of hydrogen-bond donors (Lipinski definition) is 0. The second kappa shape index (κ2) is 4.88. The molecule has 0 bridgehead atoms. The SMILES string of the molecule is C=CCN1CC[C@@H]2[C@@H]1CCN2Cc1nccs1. The van der Waals surface area contributed by atoms with E-state index in [1.54, 1.807) is 11.3 Å². The van der Waals surface area contributed by atoms with Crippen molar-refractivity contribution in [3.05, 3.63) is 29.2 Å². The van der Waals surface area contributed by atoms with Crippen molar-refractivity contribution >= 4 is 11.3 Å². The number of aromatic nitrogens is 1. The second-order valence-corrected chi connectivity index (χ2v) is 5.87. The van der Waals surface area contributed by atoms with E-state index in [0.29, 0.717) is 0 Å². The fraction of sp³-hybridized carbons (Fsp3) is 0.615. The van der Waals surface area contributed by atoms with Crippen molar-refractivity contribution in [1.82, 2.24) is 14.8 Å². The van der Waals surface area contributed by atoms with Crippen LogP contribution >= 0.6 is 11.3 Å². The average molecular weight is 249 g/mol. The molecule has 2 atom stereocenters. The van der Waals surface area contributed by atoms with Gasteiger partial charge in [0.15, 0.2) is 0 Å². The number of rotatable bonds is 4. The smallest absolute Gasteiger partial charge is 0.107 e. The summed E-state index contributed by atoms with van der Waals surface area (Å²) in [6.45, 7) is 8.40. The highest BCUT2D eigenvalue weighted by atomic mass is 32.1. The molecule has 3 nitrogen and oxygen atoms in total. The zero-order chi connectivity index (χ0) is 11.7. The highest BCUT2D eigenvalue weighted by Crippen LogP contribution is 2.32. The van der Waals surface area contributed by atoms with Crippen LogP contribution in [0.5, 0.6) is 0 Å². The van der Waals surface area contributed by atoms with Gasteiger partial charge in [-0.2, -0.15) is 0 Å². The minimum absolute atomic E-state index is 0.749. The molecule has 1 aromatic heterocycles. The summed E-state index contributed by atoms with van der Waals surface area (Å²) in [6, 6.07) is 1.51. The van der Waals surface area contributed by atoms with Crippen LogP contribution in [0, 0.1) is 0 Å². The Morgan fingerprint density at radius 2 is 2.12 bits per heavy atom. The van der Waals surface area contributed by atoms with Crippen LogP contribution in [0.15, 0.2) is 24.2 Å². The third kappa shape index (κ3) is 2.17. The van der Waals surface area contributed by atoms with E-state index in [0.717, 1.165) is 25.2 Å². The number of thiazole rings is 1. The van der Waals surface area contributed by atoms with Gasteiger partial charge in [-0.1, -0.05) is 6.08 Å². The molecule has 0 aromatic carbocycles. The number of fused-ring (bicyclic) bond motifs is 1. The molecule has 2 aliphatic heterocycles. The van der Waals surface area contributed by atoms with Crippen LogP contribution in [-0.2, 0) is 6.54 Å². The maximum Gasteiger partial charge on any atom is 0.107 e. The highest BCUT2D eigenvalue weighted by molar-refractivity contribution is 7.09. The lowest BCUT2D eigenvalue weighted by molar-refractivity contribution is 0.225. The molecule has 2 fully saturated rings. The van der Waals surface area contributed by atoms with Crippen LogP contribution in [0.1, 0.15) is 17.8 Å². The summed E-state index contributed by atoms with van der Waals surface area (Å²) in [4.78, 5) is 9.60. The van der Waals surface area contributed by atoms with Crippen molar-refractivity contribution in [3.63, 3.8) is 0 Å². The zero-order valence-electron chi connectivity index (χ0n) is 10.1. The van der Waals surface area contributed by atoms with Gasteiger partial charge < -0.3 is 0 Å². The van der Waals surface area contributed by atoms with Crippen molar-refractivity contribution in [2.24, 2.45) is 0 Å². The lowest BCUT2D eigenvalue weighted by Gasteiger charge is -2.24. The lowest BCUT2D eigenvalue weighted by atomic mass is 10.1. The predicted molar refractivity (Wildman–Crippen MR) is 71.1 cm³/mol. The molecule has 17 heavy (non-hydrogen) atoms. The standard InChI is InChI=1S/C13H19N3S/c1-2-6-15-7-3-12-11(15)4-8-16(12)10-13-14-5-9-17-13/h2,5,9,11-12H,1,3-4,6-8,10H2/t11-,12+/m0/s1. The van der Waals surface area contributed by atoms with Gasteiger partial charge in [0.1, 0.15) is 5.01 Å². The molecule has 92 valence electrons. The quantitative estimate of drug-likeness (QED) is 0.761. The summed E-state index contributed by atoms with van der Waals surface area (Å²) in [5.41, 5.74) is 0. The molecule has 3 heterocycles. The molecule has 0 N–H and O–H groups in total. The van der Waals surface area contributed by atoms with E-state index in [1.807, 2.05) is 12.3 Å². The first-order valence-electron chi connectivity index (χ1n) is 6.36. The Bertz CT molecular complexity index is 376. The van der Waals surface area contributed by atoms with E-state index in [2.05, 4.69) is 26.7 Å². The zero-order valence-corrected chi connectivity index (χ0v) is 10.9. The van der Waals surface area contributed by atoms with Gasteiger partial charge in [-0.05, 0) is 12.8 Å². The van der Waals surface area contributed by atoms with Gasteiger partial charge in [0.2, 0.25) is 0 Å². The molecular formula is C13H19N3S. The van der Waals surface area contributed by atoms with E-state index in [4.69, 9.17) is 0 Å². The Labute approximate surface area is 107 Å². The first kappa shape index (κ1) is 11.4. The van der Waals surface area contributed by atoms with Gasteiger partial charge in [0.05, 0.1) is 6.54 Å². The van der Waals surface area contributed by atoms with E-state index >= 15 is 0 Å². The van der Waals surface area contributed by atoms with Crippen LogP contribution in [0.25, 0.3) is 0 Å². The summed E-state index contributed by atoms with van der Waals surface area (Å²) in [6.07, 6.45) is 6.56. The van der Waals surface area contributed by atoms with Crippen LogP contribution in [0.3, 0.4) is 0 Å². The number of hydrogen-bond acceptors (Lipinski definition) is 4. The Balaban J connectivity index is 1.64. The molecule has 1 aromatic rings. The summed E-state index contributed by atoms with van der Waals surface area (Å²) < 4.78 is 0. The van der Waals surface area contributed by atoms with Gasteiger partial charge in [-0.3, -0.25) is 9.80 Å². The Morgan fingerprint density at radius 3 is 2.82 bits per heavy atom. The molecule has 0 radical (unpaired) electrons. The Morgan fingerprint density at radius 1 is 1.35 bits per heavy atom. The molecule has 4 heteroatoms. The first-order valence-corrected chi connectivity index (χ1v) is 7.24. The van der Waals surface area contributed by atoms with Gasteiger partial charge in [0.25, 0.3) is 0 Å². The van der Waals surface area contributed by atoms with Crippen LogP contribution in [-0.4, -0.2) is 46.5 Å². The van der Waals surface area contributed by atoms with Crippen molar-refractivity contribution < 1.29 is 0 Å². The third-order valence-corrected chi connectivity index (χ3v) is 4.76. The normalized spacial score (nSPS) is 29.6. The molecule has 0 unspecified atom stereocenters. The molecule has 0 amide bonds. The van der Waals surface area contributed by atoms with Gasteiger partial charge in [-0.25, -0.2) is 4.98 Å². The topological polar surface area (TPSA) is 19.4 Å². The fourth-order valence-electron chi connectivity index (χ4n) is 3.26. The summed E-state index contributed by atoms with van der Waals surface area (Å²) in [5.74, 6) is 0. The largest absolute Gasteiger partial charge is 0.295 e. The van der Waals surface area contributed by atoms with Crippen LogP contribution in [0.4, 0.5) is 0 Å². The van der Waals surface area contributed by atoms with Gasteiger partial charge in [-0.15, -0.1) is 17.9 Å². The second-order valence-electron chi connectivity index (χ2n) is 4.89. The lowest BCUT2D eigenvalue weighted by Crippen LogP contribution is -2.36. The number of likely N-dealkylation sites (tertiary alicyclic amines) is 2. The van der Waals surface area contributed by atoms with Crippen LogP contribution < -0.4 is 0 Å². The predicted octanol–water partition coefficient (Wildman–Crippen LogP) is 1.98. The third-order valence-electron chi connectivity index (χ3n) is 3.99. The minimum Gasteiger partial charge on any atom is -0.295 e. The molecule has 2 aliphatic rings. The van der Waals surface area contributed by atoms with E-state index in [-0.39, 0.29) is 0 Å². The van der Waals surface area contributed by atoms with Gasteiger partial charge >= 0.3 is 0 Å². The molecule has 0 saturated carbocycles. The van der Waals surface area contributed by atoms with Crippen molar-refractivity contribution in [1.29, 1.82) is 0 Å². The van der Waals surface area contributed by atoms with Crippen molar-refractivity contribution in [2.45, 2.75) is 31.5 Å². The van der Waals surface area contributed by atoms with E-state index in [9.17, 15) is 0 Å².